The molecular weight excluding hydrogens is 428 g/mol. The summed E-state index contributed by atoms with van der Waals surface area (Å²) in [5.41, 5.74) is -0.801. The van der Waals surface area contributed by atoms with Crippen LogP contribution >= 0.6 is 0 Å². The van der Waals surface area contributed by atoms with Gasteiger partial charge in [0.1, 0.15) is 52.6 Å². The van der Waals surface area contributed by atoms with E-state index in [0.29, 0.717) is 0 Å². The van der Waals surface area contributed by atoms with Gasteiger partial charge in [-0.25, -0.2) is 0 Å². The zero-order valence-electron chi connectivity index (χ0n) is 16.3. The molecule has 0 aliphatic carbocycles. The molecule has 0 radical (unpaired) electrons. The molecular formula is C21H20O11. The van der Waals surface area contributed by atoms with Gasteiger partial charge in [-0.3, -0.25) is 4.79 Å². The number of aliphatic hydroxyl groups is 4. The van der Waals surface area contributed by atoms with E-state index in [0.717, 1.165) is 12.1 Å². The minimum Gasteiger partial charge on any atom is -0.508 e. The largest absolute Gasteiger partial charge is 0.508 e. The third kappa shape index (κ3) is 3.72. The molecule has 0 bridgehead atoms. The fraction of sp³-hybridized carbons (Fsp3) is 0.286. The Labute approximate surface area is 179 Å². The fourth-order valence-corrected chi connectivity index (χ4v) is 3.46. The lowest BCUT2D eigenvalue weighted by Gasteiger charge is -2.39. The molecule has 5 atom stereocenters. The van der Waals surface area contributed by atoms with Gasteiger partial charge in [-0.15, -0.1) is 0 Å². The van der Waals surface area contributed by atoms with Gasteiger partial charge in [0, 0.05) is 17.7 Å². The van der Waals surface area contributed by atoms with Crippen molar-refractivity contribution in [1.29, 1.82) is 0 Å². The van der Waals surface area contributed by atoms with Crippen LogP contribution in [0.15, 0.2) is 45.6 Å². The zero-order valence-corrected chi connectivity index (χ0v) is 16.3. The van der Waals surface area contributed by atoms with E-state index in [2.05, 4.69) is 0 Å². The first-order chi connectivity index (χ1) is 15.2. The highest BCUT2D eigenvalue weighted by Gasteiger charge is 2.45. The average Bonchev–Trinajstić information content (AvgIpc) is 2.75. The quantitative estimate of drug-likeness (QED) is 0.279. The Bertz CT molecular complexity index is 1190. The number of hydrogen-bond acceptors (Lipinski definition) is 11. The zero-order chi connectivity index (χ0) is 23.2. The lowest BCUT2D eigenvalue weighted by atomic mass is 9.99. The minimum absolute atomic E-state index is 0.0661. The first-order valence-corrected chi connectivity index (χ1v) is 9.50. The van der Waals surface area contributed by atoms with Crippen molar-refractivity contribution in [2.75, 3.05) is 6.61 Å². The molecule has 2 heterocycles. The van der Waals surface area contributed by atoms with E-state index in [1.807, 2.05) is 0 Å². The van der Waals surface area contributed by atoms with Crippen LogP contribution in [-0.2, 0) is 4.74 Å². The molecule has 1 fully saturated rings. The van der Waals surface area contributed by atoms with Crippen LogP contribution in [0.25, 0.3) is 22.3 Å². The molecule has 7 N–H and O–H groups in total. The first kappa shape index (κ1) is 21.9. The van der Waals surface area contributed by atoms with E-state index in [-0.39, 0.29) is 33.8 Å². The number of aromatic hydroxyl groups is 3. The Morgan fingerprint density at radius 2 is 1.59 bits per heavy atom. The smallest absolute Gasteiger partial charge is 0.239 e. The van der Waals surface area contributed by atoms with Crippen molar-refractivity contribution in [3.05, 3.63) is 46.6 Å². The third-order valence-corrected chi connectivity index (χ3v) is 5.13. The Kier molecular flexibility index (Phi) is 5.67. The normalized spacial score (nSPS) is 25.7. The predicted octanol–water partition coefficient (Wildman–Crippen LogP) is -0.244. The first-order valence-electron chi connectivity index (χ1n) is 9.50. The number of aliphatic hydroxyl groups excluding tert-OH is 4. The Morgan fingerprint density at radius 3 is 2.25 bits per heavy atom. The maximum absolute atomic E-state index is 13.2. The van der Waals surface area contributed by atoms with Crippen molar-refractivity contribution in [3.8, 4) is 34.3 Å². The second kappa shape index (κ2) is 8.30. The third-order valence-electron chi connectivity index (χ3n) is 5.13. The van der Waals surface area contributed by atoms with Crippen molar-refractivity contribution in [2.45, 2.75) is 30.7 Å². The molecule has 1 saturated heterocycles. The number of phenols is 3. The van der Waals surface area contributed by atoms with Gasteiger partial charge in [-0.05, 0) is 24.3 Å². The van der Waals surface area contributed by atoms with Crippen LogP contribution in [0.5, 0.6) is 23.0 Å². The molecule has 0 amide bonds. The summed E-state index contributed by atoms with van der Waals surface area (Å²) in [6.07, 6.45) is -8.16. The van der Waals surface area contributed by atoms with Crippen LogP contribution in [0, 0.1) is 0 Å². The van der Waals surface area contributed by atoms with Gasteiger partial charge in [0.25, 0.3) is 0 Å². The minimum atomic E-state index is -1.80. The highest BCUT2D eigenvalue weighted by Crippen LogP contribution is 2.37. The van der Waals surface area contributed by atoms with E-state index in [4.69, 9.17) is 13.9 Å². The van der Waals surface area contributed by atoms with Crippen LogP contribution in [0.1, 0.15) is 0 Å². The topological polar surface area (TPSA) is 190 Å². The highest BCUT2D eigenvalue weighted by molar-refractivity contribution is 5.88. The summed E-state index contributed by atoms with van der Waals surface area (Å²) in [5, 5.41) is 68.8. The van der Waals surface area contributed by atoms with E-state index in [9.17, 15) is 40.5 Å². The van der Waals surface area contributed by atoms with Crippen molar-refractivity contribution in [2.24, 2.45) is 0 Å². The fourth-order valence-electron chi connectivity index (χ4n) is 3.46. The summed E-state index contributed by atoms with van der Waals surface area (Å²) in [4.78, 5) is 13.2. The number of ether oxygens (including phenoxy) is 2. The molecule has 0 unspecified atom stereocenters. The van der Waals surface area contributed by atoms with Gasteiger partial charge in [0.05, 0.1) is 6.61 Å². The van der Waals surface area contributed by atoms with E-state index in [1.54, 1.807) is 0 Å². The Morgan fingerprint density at radius 1 is 0.906 bits per heavy atom. The van der Waals surface area contributed by atoms with Gasteiger partial charge in [-0.2, -0.15) is 0 Å². The molecule has 0 spiro atoms. The van der Waals surface area contributed by atoms with Crippen LogP contribution in [0.4, 0.5) is 0 Å². The Balaban J connectivity index is 1.89. The summed E-state index contributed by atoms with van der Waals surface area (Å²) >= 11 is 0. The van der Waals surface area contributed by atoms with Gasteiger partial charge < -0.3 is 49.6 Å². The molecule has 2 aromatic carbocycles. The molecule has 3 aromatic rings. The summed E-state index contributed by atoms with van der Waals surface area (Å²) < 4.78 is 16.6. The van der Waals surface area contributed by atoms with Gasteiger partial charge in [-0.1, -0.05) is 0 Å². The van der Waals surface area contributed by atoms with Gasteiger partial charge in [0.15, 0.2) is 5.76 Å². The molecule has 0 saturated carbocycles. The summed E-state index contributed by atoms with van der Waals surface area (Å²) in [6, 6.07) is 7.48. The lowest BCUT2D eigenvalue weighted by Crippen LogP contribution is -2.60. The lowest BCUT2D eigenvalue weighted by molar-refractivity contribution is -0.277. The van der Waals surface area contributed by atoms with Crippen LogP contribution < -0.4 is 10.2 Å². The van der Waals surface area contributed by atoms with Gasteiger partial charge >= 0.3 is 0 Å². The average molecular weight is 448 g/mol. The second-order valence-corrected chi connectivity index (χ2v) is 7.29. The molecule has 32 heavy (non-hydrogen) atoms. The van der Waals surface area contributed by atoms with E-state index in [1.165, 1.54) is 24.3 Å². The summed E-state index contributed by atoms with van der Waals surface area (Å²) in [6.45, 7) is -0.706. The number of phenolic OH excluding ortho intramolecular Hbond substituents is 3. The number of hydrogen-bond donors (Lipinski definition) is 7. The number of fused-ring (bicyclic) bond motifs is 1. The summed E-state index contributed by atoms with van der Waals surface area (Å²) in [7, 11) is 0. The second-order valence-electron chi connectivity index (χ2n) is 7.29. The van der Waals surface area contributed by atoms with Crippen molar-refractivity contribution < 1.29 is 49.6 Å². The molecule has 170 valence electrons. The molecule has 1 aromatic heterocycles. The maximum atomic E-state index is 13.2. The monoisotopic (exact) mass is 448 g/mol. The molecule has 1 aliphatic rings. The van der Waals surface area contributed by atoms with Crippen LogP contribution in [-0.4, -0.2) is 73.1 Å². The number of benzene rings is 2. The molecule has 11 nitrogen and oxygen atoms in total. The van der Waals surface area contributed by atoms with E-state index >= 15 is 0 Å². The molecule has 11 heteroatoms. The van der Waals surface area contributed by atoms with Gasteiger partial charge in [0.2, 0.25) is 17.5 Å². The molecule has 1 aliphatic heterocycles. The molecule has 4 rings (SSSR count). The van der Waals surface area contributed by atoms with Crippen LogP contribution in [0.3, 0.4) is 0 Å². The van der Waals surface area contributed by atoms with Crippen molar-refractivity contribution in [3.63, 3.8) is 0 Å². The summed E-state index contributed by atoms with van der Waals surface area (Å²) in [5.74, 6) is -1.73. The van der Waals surface area contributed by atoms with Crippen molar-refractivity contribution in [1.82, 2.24) is 0 Å². The Hall–Kier alpha value is -3.35. The standard InChI is InChI=1S/C21H20O11/c22-7-13-15(26)17(28)18(29)21(31-13)32-20-16(27)14-11(25)5-10(24)6-12(14)30-19(20)8-1-3-9(23)4-2-8/h1-6,13,15,17-18,21-26,28-29H,7H2/t13-,15+,17+,18+,21-/m0/s1. The maximum Gasteiger partial charge on any atom is 0.239 e. The SMILES string of the molecule is O=c1c(O[C@@H]2O[C@@H](CO)[C@@H](O)[C@@H](O)[C@H]2O)c(-c2ccc(O)cc2)oc2cc(O)cc(O)c12. The highest BCUT2D eigenvalue weighted by atomic mass is 16.7. The number of rotatable bonds is 4. The van der Waals surface area contributed by atoms with Crippen LogP contribution in [0.2, 0.25) is 0 Å². The predicted molar refractivity (Wildman–Crippen MR) is 107 cm³/mol. The van der Waals surface area contributed by atoms with Crippen molar-refractivity contribution >= 4 is 11.0 Å². The van der Waals surface area contributed by atoms with E-state index < -0.39 is 54.2 Å².